The summed E-state index contributed by atoms with van der Waals surface area (Å²) in [6.45, 7) is 21.6. The molecule has 0 heterocycles. The summed E-state index contributed by atoms with van der Waals surface area (Å²) >= 11 is 3.21. The Hall–Kier alpha value is -9.79. The number of carboxylic acids is 12. The SMILES string of the molecule is CC(C)C[C@H](N)C(=O)O.CC(C)C[C@H](N)C(=O)O.CC(C)C[C@H](N)C(=O)O.CC(C)C[C@H](N)C(=O)O.CC(C)C[C@H](N)C(=O)O.CSCC[C@H](N)C(=O)O.CSCC[C@H](N)C(=O)O.NC(N)=NCCC[C@H](N)C(=O)O.NC(N)=NCCC[C@H](N)C(=O)O.NC(N)=NCCC[C@H](N)C(=O)O.NC(N)=NCCC[C@H](N)C(=O)O.NC(N)=NCCC[C@H](N)C(=O)O. The number of carbonyl (C=O) groups is 12. The van der Waals surface area contributed by atoms with Gasteiger partial charge < -0.3 is 187 Å². The molecule has 0 fully saturated rings. The molecule has 0 aromatic heterocycles. The molecule has 0 radical (unpaired) electrons. The average Bonchev–Trinajstić information content (AvgIpc) is 1.01. The Bertz CT molecular complexity index is 2530. The highest BCUT2D eigenvalue weighted by molar-refractivity contribution is 7.98. The van der Waals surface area contributed by atoms with Gasteiger partial charge in [0.15, 0.2) is 29.8 Å². The summed E-state index contributed by atoms with van der Waals surface area (Å²) in [5, 5.41) is 100.0. The minimum Gasteiger partial charge on any atom is -0.480 e. The van der Waals surface area contributed by atoms with Crippen LogP contribution in [-0.2, 0) is 57.5 Å². The van der Waals surface area contributed by atoms with E-state index < -0.39 is 144 Å². The summed E-state index contributed by atoms with van der Waals surface area (Å²) in [4.78, 5) is 140. The molecule has 56 N–H and O–H groups in total. The maximum atomic E-state index is 10.2. The van der Waals surface area contributed by atoms with E-state index in [0.717, 1.165) is 11.5 Å². The maximum absolute atomic E-state index is 10.2. The van der Waals surface area contributed by atoms with Gasteiger partial charge in [-0.1, -0.05) is 69.2 Å². The number of aliphatic imine (C=N–C) groups is 5. The molecule has 123 heavy (non-hydrogen) atoms. The number of guanidine groups is 5. The van der Waals surface area contributed by atoms with Crippen LogP contribution in [0.5, 0.6) is 0 Å². The molecule has 0 saturated carbocycles. The van der Waals surface area contributed by atoms with Crippen molar-refractivity contribution in [2.75, 3.05) is 56.7 Å². The number of hydrogen-bond acceptors (Lipinski definition) is 31. The first-order valence-corrected chi connectivity index (χ1v) is 41.1. The number of aliphatic carboxylic acids is 12. The summed E-state index contributed by atoms with van der Waals surface area (Å²) in [6.07, 6.45) is 12.5. The van der Waals surface area contributed by atoms with Crippen LogP contribution in [-0.4, -0.2) is 292 Å². The molecule has 0 aliphatic heterocycles. The minimum atomic E-state index is -1.00. The standard InChI is InChI=1S/5C6H14N4O2.5C6H13NO2.2C5H11NO2S/c5*7-4(5(11)12)2-1-3-10-6(8)9;5*1-4(2)3-5(7)6(8)9;2*1-9-3-2-4(6)5(7)8/h5*4H,1-3,7H2,(H,11,12)(H4,8,9,10);5*4-5H,3,7H2,1-2H3,(H,8,9);2*4H,2-3,6H2,1H3,(H,7,8)/t5*4-;5*5-;2*4-/m000000000000/s1. The van der Waals surface area contributed by atoms with E-state index in [-0.39, 0.29) is 29.8 Å². The fraction of sp³-hybridized carbons (Fsp3) is 0.757. The van der Waals surface area contributed by atoms with Crippen molar-refractivity contribution >= 4 is 125 Å². The molecule has 51 nitrogen and oxygen atoms in total. The van der Waals surface area contributed by atoms with Crippen molar-refractivity contribution in [2.45, 2.75) is 251 Å². The quantitative estimate of drug-likeness (QED) is 0.0154. The first-order chi connectivity index (χ1) is 56.2. The predicted molar refractivity (Wildman–Crippen MR) is 480 cm³/mol. The van der Waals surface area contributed by atoms with Gasteiger partial charge >= 0.3 is 71.6 Å². The van der Waals surface area contributed by atoms with Gasteiger partial charge in [-0.25, -0.2) is 0 Å². The third kappa shape index (κ3) is 133. The first kappa shape index (κ1) is 139. The molecule has 0 amide bonds. The molecule has 0 aromatic carbocycles. The van der Waals surface area contributed by atoms with Crippen molar-refractivity contribution in [1.29, 1.82) is 0 Å². The Labute approximate surface area is 729 Å². The third-order valence-corrected chi connectivity index (χ3v) is 14.8. The van der Waals surface area contributed by atoms with Crippen molar-refractivity contribution < 1.29 is 119 Å². The van der Waals surface area contributed by atoms with Crippen LogP contribution in [0.25, 0.3) is 0 Å². The Morgan fingerprint density at radius 2 is 0.317 bits per heavy atom. The van der Waals surface area contributed by atoms with Gasteiger partial charge in [0.2, 0.25) is 0 Å². The van der Waals surface area contributed by atoms with Crippen molar-refractivity contribution in [3.63, 3.8) is 0 Å². The highest BCUT2D eigenvalue weighted by atomic mass is 32.2. The Kier molecular flexibility index (Phi) is 103. The third-order valence-electron chi connectivity index (χ3n) is 13.5. The van der Waals surface area contributed by atoms with E-state index in [1.807, 2.05) is 81.7 Å². The summed E-state index contributed by atoms with van der Waals surface area (Å²) in [6, 6.07) is -8.92. The van der Waals surface area contributed by atoms with Gasteiger partial charge in [0, 0.05) is 32.7 Å². The lowest BCUT2D eigenvalue weighted by Gasteiger charge is -2.07. The highest BCUT2D eigenvalue weighted by Crippen LogP contribution is 2.07. The fourth-order valence-electron chi connectivity index (χ4n) is 6.99. The van der Waals surface area contributed by atoms with Crippen molar-refractivity contribution in [1.82, 2.24) is 0 Å². The highest BCUT2D eigenvalue weighted by Gasteiger charge is 2.18. The second-order valence-corrected chi connectivity index (χ2v) is 30.3. The maximum Gasteiger partial charge on any atom is 0.320 e. The summed E-state index contributed by atoms with van der Waals surface area (Å²) in [7, 11) is 0. The number of hydrogen-bond donors (Lipinski definition) is 34. The van der Waals surface area contributed by atoms with Crippen LogP contribution >= 0.6 is 23.5 Å². The van der Waals surface area contributed by atoms with Gasteiger partial charge in [-0.15, -0.1) is 0 Å². The number of nitrogens with two attached hydrogens (primary N) is 22. The lowest BCUT2D eigenvalue weighted by Crippen LogP contribution is -2.31. The number of thioether (sulfide) groups is 2. The number of rotatable bonds is 48. The zero-order valence-electron chi connectivity index (χ0n) is 73.3. The number of nitrogens with zero attached hydrogens (tertiary/aromatic N) is 5. The number of carboxylic acid groups (broad SMARTS) is 12. The van der Waals surface area contributed by atoms with Crippen LogP contribution in [0.15, 0.2) is 25.0 Å². The van der Waals surface area contributed by atoms with Gasteiger partial charge in [-0.3, -0.25) is 82.5 Å². The molecule has 0 aliphatic rings. The van der Waals surface area contributed by atoms with Crippen LogP contribution in [0.4, 0.5) is 0 Å². The van der Waals surface area contributed by atoms with Crippen LogP contribution in [0, 0.1) is 29.6 Å². The fourth-order valence-corrected chi connectivity index (χ4v) is 7.97. The zero-order chi connectivity index (χ0) is 99.6. The van der Waals surface area contributed by atoms with Crippen molar-refractivity contribution in [3.05, 3.63) is 0 Å². The average molecular weight is 1830 g/mol. The molecule has 0 spiro atoms. The van der Waals surface area contributed by atoms with Crippen molar-refractivity contribution in [3.8, 4) is 0 Å². The van der Waals surface area contributed by atoms with E-state index in [9.17, 15) is 57.5 Å². The summed E-state index contributed by atoms with van der Waals surface area (Å²) in [5.74, 6) is -7.92. The van der Waals surface area contributed by atoms with E-state index in [1.54, 1.807) is 23.5 Å². The molecule has 0 saturated heterocycles. The summed E-state index contributed by atoms with van der Waals surface area (Å²) < 4.78 is 0. The van der Waals surface area contributed by atoms with Crippen LogP contribution in [0.3, 0.4) is 0 Å². The van der Waals surface area contributed by atoms with Crippen LogP contribution < -0.4 is 126 Å². The van der Waals surface area contributed by atoms with Crippen molar-refractivity contribution in [2.24, 2.45) is 181 Å². The smallest absolute Gasteiger partial charge is 0.320 e. The lowest BCUT2D eigenvalue weighted by molar-refractivity contribution is -0.139. The second kappa shape index (κ2) is 91.4. The molecule has 0 unspecified atom stereocenters. The molecular weight excluding hydrogens is 1670 g/mol. The first-order valence-electron chi connectivity index (χ1n) is 38.3. The Morgan fingerprint density at radius 3 is 0.390 bits per heavy atom. The normalized spacial score (nSPS) is 12.9. The Balaban J connectivity index is -0.000000110. The molecule has 12 atom stereocenters. The van der Waals surface area contributed by atoms with E-state index in [1.165, 1.54) is 0 Å². The van der Waals surface area contributed by atoms with Gasteiger partial charge in [-0.05, 0) is 163 Å². The van der Waals surface area contributed by atoms with Gasteiger partial charge in [0.25, 0.3) is 0 Å². The van der Waals surface area contributed by atoms with E-state index in [4.69, 9.17) is 187 Å². The summed E-state index contributed by atoms with van der Waals surface area (Å²) in [5.41, 5.74) is 113. The van der Waals surface area contributed by atoms with E-state index >= 15 is 0 Å². The van der Waals surface area contributed by atoms with E-state index in [0.29, 0.717) is 171 Å². The van der Waals surface area contributed by atoms with Crippen LogP contribution in [0.2, 0.25) is 0 Å². The lowest BCUT2D eigenvalue weighted by atomic mass is 10.1. The molecule has 53 heteroatoms. The molecule has 0 aliphatic carbocycles. The van der Waals surface area contributed by atoms with Gasteiger partial charge in [0.1, 0.15) is 72.5 Å². The van der Waals surface area contributed by atoms with E-state index in [2.05, 4.69) is 25.0 Å². The molecule has 0 bridgehead atoms. The second-order valence-electron chi connectivity index (χ2n) is 28.3. The predicted octanol–water partition coefficient (Wildman–Crippen LogP) is -5.22. The zero-order valence-corrected chi connectivity index (χ0v) is 74.9. The minimum absolute atomic E-state index is 0.0129. The van der Waals surface area contributed by atoms with Crippen LogP contribution in [0.1, 0.15) is 178 Å². The molecule has 728 valence electrons. The molecule has 0 aromatic rings. The molecule has 0 rings (SSSR count). The monoisotopic (exact) mass is 1820 g/mol. The largest absolute Gasteiger partial charge is 0.480 e. The Morgan fingerprint density at radius 1 is 0.211 bits per heavy atom. The van der Waals surface area contributed by atoms with Gasteiger partial charge in [-0.2, -0.15) is 23.5 Å². The molecular formula is C70H157N27O24S2. The topological polar surface area (TPSA) is 1080 Å². The van der Waals surface area contributed by atoms with Gasteiger partial charge in [0.05, 0.1) is 0 Å².